The summed E-state index contributed by atoms with van der Waals surface area (Å²) < 4.78 is 14.2. The van der Waals surface area contributed by atoms with Crippen LogP contribution in [0.15, 0.2) is 22.7 Å². The van der Waals surface area contributed by atoms with Crippen molar-refractivity contribution in [1.82, 2.24) is 15.1 Å². The number of rotatable bonds is 5. The van der Waals surface area contributed by atoms with Crippen molar-refractivity contribution in [2.45, 2.75) is 6.54 Å². The third kappa shape index (κ3) is 4.84. The fraction of sp³-hybridized carbons (Fsp3) is 0.571. The van der Waals surface area contributed by atoms with Gasteiger partial charge in [0.1, 0.15) is 5.82 Å². The Bertz CT molecular complexity index is 408. The van der Waals surface area contributed by atoms with Gasteiger partial charge in [-0.05, 0) is 30.8 Å². The van der Waals surface area contributed by atoms with Gasteiger partial charge in [0.05, 0.1) is 0 Å². The molecule has 1 N–H and O–H groups in total. The summed E-state index contributed by atoms with van der Waals surface area (Å²) in [5.41, 5.74) is 1.00. The van der Waals surface area contributed by atoms with Crippen LogP contribution in [0, 0.1) is 5.82 Å². The molecule has 0 radical (unpaired) electrons. The second-order valence-electron chi connectivity index (χ2n) is 5.07. The summed E-state index contributed by atoms with van der Waals surface area (Å²) in [5, 5.41) is 3.35. The lowest BCUT2D eigenvalue weighted by Gasteiger charge is -2.29. The van der Waals surface area contributed by atoms with E-state index in [1.54, 1.807) is 12.1 Å². The maximum Gasteiger partial charge on any atom is 0.123 e. The third-order valence-corrected chi connectivity index (χ3v) is 4.23. The quantitative estimate of drug-likeness (QED) is 0.890. The average Bonchev–Trinajstić information content (AvgIpc) is 2.42. The van der Waals surface area contributed by atoms with E-state index in [9.17, 15) is 4.39 Å². The molecule has 106 valence electrons. The van der Waals surface area contributed by atoms with E-state index in [4.69, 9.17) is 0 Å². The number of piperazine rings is 1. The van der Waals surface area contributed by atoms with Crippen molar-refractivity contribution in [3.63, 3.8) is 0 Å². The number of hydrogen-bond donors (Lipinski definition) is 1. The van der Waals surface area contributed by atoms with Crippen LogP contribution in [0.5, 0.6) is 0 Å². The van der Waals surface area contributed by atoms with Crippen molar-refractivity contribution in [3.8, 4) is 0 Å². The molecule has 2 rings (SSSR count). The van der Waals surface area contributed by atoms with Crippen LogP contribution >= 0.6 is 15.9 Å². The van der Waals surface area contributed by atoms with E-state index >= 15 is 0 Å². The molecule has 0 spiro atoms. The Hall–Kier alpha value is -0.490. The molecule has 1 saturated heterocycles. The number of likely N-dealkylation sites (N-methyl/N-ethyl adjacent to an activating group) is 1. The second-order valence-corrected chi connectivity index (χ2v) is 5.92. The molecule has 0 unspecified atom stereocenters. The Morgan fingerprint density at radius 1 is 1.37 bits per heavy atom. The first-order valence-corrected chi connectivity index (χ1v) is 7.50. The zero-order chi connectivity index (χ0) is 13.7. The smallest absolute Gasteiger partial charge is 0.123 e. The maximum atomic E-state index is 13.2. The fourth-order valence-electron chi connectivity index (χ4n) is 2.28. The Labute approximate surface area is 122 Å². The zero-order valence-corrected chi connectivity index (χ0v) is 12.9. The van der Waals surface area contributed by atoms with E-state index in [0.717, 1.165) is 55.8 Å². The largest absolute Gasteiger partial charge is 0.314 e. The predicted molar refractivity (Wildman–Crippen MR) is 79.7 cm³/mol. The van der Waals surface area contributed by atoms with E-state index in [-0.39, 0.29) is 5.82 Å². The van der Waals surface area contributed by atoms with Gasteiger partial charge in [-0.15, -0.1) is 0 Å². The van der Waals surface area contributed by atoms with Crippen LogP contribution in [0.3, 0.4) is 0 Å². The summed E-state index contributed by atoms with van der Waals surface area (Å²) in [7, 11) is 2.08. The zero-order valence-electron chi connectivity index (χ0n) is 11.3. The molecule has 1 fully saturated rings. The molecule has 0 aliphatic carbocycles. The van der Waals surface area contributed by atoms with E-state index in [1.165, 1.54) is 6.07 Å². The van der Waals surface area contributed by atoms with Gasteiger partial charge in [0, 0.05) is 50.3 Å². The highest BCUT2D eigenvalue weighted by Crippen LogP contribution is 2.19. The van der Waals surface area contributed by atoms with Gasteiger partial charge in [0.25, 0.3) is 0 Å². The summed E-state index contributed by atoms with van der Waals surface area (Å²) in [6, 6.07) is 4.86. The lowest BCUT2D eigenvalue weighted by atomic mass is 10.2. The third-order valence-electron chi connectivity index (χ3n) is 3.46. The summed E-state index contributed by atoms with van der Waals surface area (Å²) in [6.45, 7) is 7.26. The van der Waals surface area contributed by atoms with Gasteiger partial charge >= 0.3 is 0 Å². The molecule has 1 aromatic carbocycles. The molecule has 0 aromatic heterocycles. The van der Waals surface area contributed by atoms with Crippen LogP contribution < -0.4 is 5.32 Å². The number of halogens is 2. The number of nitrogens with one attached hydrogen (secondary N) is 1. The lowest BCUT2D eigenvalue weighted by Crippen LogP contribution is -2.45. The molecule has 1 aliphatic rings. The molecule has 1 aromatic rings. The molecule has 19 heavy (non-hydrogen) atoms. The molecular weight excluding hydrogens is 309 g/mol. The van der Waals surface area contributed by atoms with Gasteiger partial charge in [-0.2, -0.15) is 0 Å². The van der Waals surface area contributed by atoms with Crippen molar-refractivity contribution < 1.29 is 4.39 Å². The molecule has 3 nitrogen and oxygen atoms in total. The van der Waals surface area contributed by atoms with E-state index in [2.05, 4.69) is 38.1 Å². The minimum absolute atomic E-state index is 0.172. The Kier molecular flexibility index (Phi) is 5.76. The molecule has 1 aliphatic heterocycles. The van der Waals surface area contributed by atoms with Crippen molar-refractivity contribution in [2.75, 3.05) is 46.3 Å². The summed E-state index contributed by atoms with van der Waals surface area (Å²) in [6.07, 6.45) is 0. The summed E-state index contributed by atoms with van der Waals surface area (Å²) >= 11 is 3.47. The van der Waals surface area contributed by atoms with Crippen LogP contribution in [0.4, 0.5) is 4.39 Å². The van der Waals surface area contributed by atoms with Gasteiger partial charge in [0.2, 0.25) is 0 Å². The SMILES string of the molecule is CN(CCN1CCNCC1)Cc1cc(F)ccc1Br. The Morgan fingerprint density at radius 3 is 2.84 bits per heavy atom. The first kappa shape index (κ1) is 14.9. The second kappa shape index (κ2) is 7.33. The van der Waals surface area contributed by atoms with Crippen LogP contribution in [0.1, 0.15) is 5.56 Å². The first-order valence-electron chi connectivity index (χ1n) is 6.71. The molecule has 0 amide bonds. The average molecular weight is 330 g/mol. The van der Waals surface area contributed by atoms with Gasteiger partial charge < -0.3 is 10.2 Å². The van der Waals surface area contributed by atoms with Crippen molar-refractivity contribution >= 4 is 15.9 Å². The van der Waals surface area contributed by atoms with Gasteiger partial charge in [-0.25, -0.2) is 4.39 Å². The normalized spacial score (nSPS) is 17.1. The fourth-order valence-corrected chi connectivity index (χ4v) is 2.65. The van der Waals surface area contributed by atoms with Gasteiger partial charge in [-0.1, -0.05) is 15.9 Å². The van der Waals surface area contributed by atoms with Crippen LogP contribution in [0.2, 0.25) is 0 Å². The van der Waals surface area contributed by atoms with E-state index < -0.39 is 0 Å². The molecule has 0 bridgehead atoms. The van der Waals surface area contributed by atoms with Crippen molar-refractivity contribution in [1.29, 1.82) is 0 Å². The molecular formula is C14H21BrFN3. The molecule has 5 heteroatoms. The standard InChI is InChI=1S/C14H21BrFN3/c1-18(8-9-19-6-4-17-5-7-19)11-12-10-13(16)2-3-14(12)15/h2-3,10,17H,4-9,11H2,1H3. The topological polar surface area (TPSA) is 18.5 Å². The summed E-state index contributed by atoms with van der Waals surface area (Å²) in [5.74, 6) is -0.172. The number of hydrogen-bond acceptors (Lipinski definition) is 3. The number of benzene rings is 1. The highest BCUT2D eigenvalue weighted by molar-refractivity contribution is 9.10. The monoisotopic (exact) mass is 329 g/mol. The predicted octanol–water partition coefficient (Wildman–Crippen LogP) is 1.93. The van der Waals surface area contributed by atoms with Crippen LogP contribution in [-0.2, 0) is 6.54 Å². The van der Waals surface area contributed by atoms with Gasteiger partial charge in [-0.3, -0.25) is 4.90 Å². The Balaban J connectivity index is 1.80. The number of nitrogens with zero attached hydrogens (tertiary/aromatic N) is 2. The maximum absolute atomic E-state index is 13.2. The van der Waals surface area contributed by atoms with Crippen molar-refractivity contribution in [2.24, 2.45) is 0 Å². The van der Waals surface area contributed by atoms with E-state index in [0.29, 0.717) is 0 Å². The minimum atomic E-state index is -0.172. The van der Waals surface area contributed by atoms with E-state index in [1.807, 2.05) is 0 Å². The highest BCUT2D eigenvalue weighted by atomic mass is 79.9. The van der Waals surface area contributed by atoms with Crippen molar-refractivity contribution in [3.05, 3.63) is 34.1 Å². The highest BCUT2D eigenvalue weighted by Gasteiger charge is 2.11. The van der Waals surface area contributed by atoms with Crippen LogP contribution in [0.25, 0.3) is 0 Å². The molecule has 0 atom stereocenters. The van der Waals surface area contributed by atoms with Gasteiger partial charge in [0.15, 0.2) is 0 Å². The first-order chi connectivity index (χ1) is 9.15. The summed E-state index contributed by atoms with van der Waals surface area (Å²) in [4.78, 5) is 4.70. The molecule has 1 heterocycles. The minimum Gasteiger partial charge on any atom is -0.314 e. The van der Waals surface area contributed by atoms with Crippen LogP contribution in [-0.4, -0.2) is 56.1 Å². The lowest BCUT2D eigenvalue weighted by molar-refractivity contribution is 0.202. The molecule has 0 saturated carbocycles. The Morgan fingerprint density at radius 2 is 2.11 bits per heavy atom.